The van der Waals surface area contributed by atoms with Gasteiger partial charge in [0.05, 0.1) is 5.69 Å². The number of hydrogen-bond donors (Lipinski definition) is 2. The first-order valence-corrected chi connectivity index (χ1v) is 6.83. The van der Waals surface area contributed by atoms with Gasteiger partial charge in [0.2, 0.25) is 0 Å². The number of anilines is 2. The van der Waals surface area contributed by atoms with Gasteiger partial charge >= 0.3 is 0 Å². The van der Waals surface area contributed by atoms with Crippen molar-refractivity contribution < 1.29 is 9.18 Å². The highest BCUT2D eigenvalue weighted by Gasteiger charge is 2.09. The van der Waals surface area contributed by atoms with Gasteiger partial charge in [0.1, 0.15) is 5.82 Å². The Labute approximate surface area is 115 Å². The highest BCUT2D eigenvalue weighted by atomic mass is 32.2. The van der Waals surface area contributed by atoms with Crippen LogP contribution in [0.4, 0.5) is 15.8 Å². The smallest absolute Gasteiger partial charge is 0.255 e. The van der Waals surface area contributed by atoms with Crippen LogP contribution < -0.4 is 11.1 Å². The van der Waals surface area contributed by atoms with E-state index in [4.69, 9.17) is 5.73 Å². The molecule has 3 N–H and O–H groups in total. The molecule has 0 fully saturated rings. The zero-order valence-corrected chi connectivity index (χ0v) is 11.1. The van der Waals surface area contributed by atoms with Gasteiger partial charge in [0.15, 0.2) is 0 Å². The van der Waals surface area contributed by atoms with Crippen LogP contribution in [0.25, 0.3) is 0 Å². The molecule has 1 amide bonds. The van der Waals surface area contributed by atoms with E-state index >= 15 is 0 Å². The molecular weight excluding hydrogens is 263 g/mol. The molecule has 0 saturated carbocycles. The molecule has 0 bridgehead atoms. The van der Waals surface area contributed by atoms with Gasteiger partial charge in [-0.15, -0.1) is 11.8 Å². The van der Waals surface area contributed by atoms with Crippen LogP contribution in [0.15, 0.2) is 47.4 Å². The summed E-state index contributed by atoms with van der Waals surface area (Å²) in [5.74, 6) is -0.956. The van der Waals surface area contributed by atoms with Crippen molar-refractivity contribution in [1.82, 2.24) is 0 Å². The molecule has 98 valence electrons. The third-order valence-corrected chi connectivity index (χ3v) is 3.32. The maximum atomic E-state index is 13.3. The second-order valence-electron chi connectivity index (χ2n) is 3.92. The predicted molar refractivity (Wildman–Crippen MR) is 77.0 cm³/mol. The first-order chi connectivity index (χ1) is 9.10. The van der Waals surface area contributed by atoms with E-state index in [1.807, 2.05) is 24.5 Å². The lowest BCUT2D eigenvalue weighted by Crippen LogP contribution is -2.12. The Hall–Kier alpha value is -2.01. The van der Waals surface area contributed by atoms with E-state index in [1.165, 1.54) is 12.1 Å². The fraction of sp³-hybridized carbons (Fsp3) is 0.0714. The van der Waals surface area contributed by atoms with Crippen molar-refractivity contribution in [3.63, 3.8) is 0 Å². The van der Waals surface area contributed by atoms with Gasteiger partial charge in [-0.1, -0.05) is 6.07 Å². The number of nitrogen functional groups attached to an aromatic ring is 1. The molecule has 0 spiro atoms. The molecule has 3 nitrogen and oxygen atoms in total. The molecule has 0 aromatic heterocycles. The molecule has 0 aliphatic carbocycles. The van der Waals surface area contributed by atoms with E-state index in [0.717, 1.165) is 11.0 Å². The number of nitrogens with one attached hydrogen (secondary N) is 1. The maximum absolute atomic E-state index is 13.3. The normalized spacial score (nSPS) is 10.2. The minimum Gasteiger partial charge on any atom is -0.396 e. The molecule has 0 aliphatic rings. The second kappa shape index (κ2) is 5.75. The molecule has 0 saturated heterocycles. The molecule has 0 heterocycles. The van der Waals surface area contributed by atoms with Crippen molar-refractivity contribution in [2.75, 3.05) is 17.3 Å². The summed E-state index contributed by atoms with van der Waals surface area (Å²) in [5, 5.41) is 2.72. The van der Waals surface area contributed by atoms with Crippen LogP contribution in [-0.2, 0) is 0 Å². The van der Waals surface area contributed by atoms with E-state index in [1.54, 1.807) is 17.8 Å². The molecule has 5 heteroatoms. The van der Waals surface area contributed by atoms with Crippen LogP contribution in [0.1, 0.15) is 10.4 Å². The molecule has 0 atom stereocenters. The Morgan fingerprint density at radius 2 is 2.05 bits per heavy atom. The topological polar surface area (TPSA) is 55.1 Å². The summed E-state index contributed by atoms with van der Waals surface area (Å²) in [6.45, 7) is 0. The monoisotopic (exact) mass is 276 g/mol. The minimum absolute atomic E-state index is 0.0286. The Kier molecular flexibility index (Phi) is 4.06. The lowest BCUT2D eigenvalue weighted by Gasteiger charge is -2.07. The number of hydrogen-bond acceptors (Lipinski definition) is 3. The lowest BCUT2D eigenvalue weighted by molar-refractivity contribution is 0.102. The zero-order chi connectivity index (χ0) is 13.8. The quantitative estimate of drug-likeness (QED) is 0.667. The summed E-state index contributed by atoms with van der Waals surface area (Å²) in [4.78, 5) is 13.0. The van der Waals surface area contributed by atoms with E-state index < -0.39 is 5.82 Å². The Morgan fingerprint density at radius 1 is 1.26 bits per heavy atom. The van der Waals surface area contributed by atoms with Crippen molar-refractivity contribution >= 4 is 29.0 Å². The summed E-state index contributed by atoms with van der Waals surface area (Å²) >= 11 is 1.58. The van der Waals surface area contributed by atoms with Gasteiger partial charge in [0.25, 0.3) is 5.91 Å². The molecule has 0 radical (unpaired) electrons. The van der Waals surface area contributed by atoms with Gasteiger partial charge < -0.3 is 11.1 Å². The van der Waals surface area contributed by atoms with Gasteiger partial charge in [-0.05, 0) is 42.7 Å². The Balaban J connectivity index is 2.18. The molecule has 19 heavy (non-hydrogen) atoms. The van der Waals surface area contributed by atoms with Crippen molar-refractivity contribution in [3.05, 3.63) is 53.8 Å². The highest BCUT2D eigenvalue weighted by Crippen LogP contribution is 2.20. The summed E-state index contributed by atoms with van der Waals surface area (Å²) in [5.41, 5.74) is 6.31. The highest BCUT2D eigenvalue weighted by molar-refractivity contribution is 7.98. The number of carbonyl (C=O) groups excluding carboxylic acids is 1. The van der Waals surface area contributed by atoms with Gasteiger partial charge in [-0.2, -0.15) is 0 Å². The molecule has 0 unspecified atom stereocenters. The maximum Gasteiger partial charge on any atom is 0.255 e. The Bertz CT molecular complexity index is 616. The third kappa shape index (κ3) is 3.26. The second-order valence-corrected chi connectivity index (χ2v) is 4.80. The molecule has 0 aliphatic heterocycles. The number of benzene rings is 2. The average Bonchev–Trinajstić information content (AvgIpc) is 2.42. The predicted octanol–water partition coefficient (Wildman–Crippen LogP) is 3.38. The van der Waals surface area contributed by atoms with Crippen molar-refractivity contribution in [2.45, 2.75) is 4.90 Å². The van der Waals surface area contributed by atoms with Gasteiger partial charge in [-0.25, -0.2) is 4.39 Å². The molecule has 2 rings (SSSR count). The molecular formula is C14H13FN2OS. The standard InChI is InChI=1S/C14H13FN2OS/c1-19-11-4-2-3-10(8-11)17-14(18)9-5-6-13(16)12(15)7-9/h2-8H,16H2,1H3,(H,17,18). The number of halogens is 1. The SMILES string of the molecule is CSc1cccc(NC(=O)c2ccc(N)c(F)c2)c1. The number of thioether (sulfide) groups is 1. The van der Waals surface area contributed by atoms with Crippen LogP contribution in [0.2, 0.25) is 0 Å². The summed E-state index contributed by atoms with van der Waals surface area (Å²) in [6.07, 6.45) is 1.95. The van der Waals surface area contributed by atoms with Crippen LogP contribution in [0, 0.1) is 5.82 Å². The fourth-order valence-corrected chi connectivity index (χ4v) is 2.03. The van der Waals surface area contributed by atoms with Crippen LogP contribution in [0.3, 0.4) is 0 Å². The van der Waals surface area contributed by atoms with E-state index in [9.17, 15) is 9.18 Å². The van der Waals surface area contributed by atoms with Crippen molar-refractivity contribution in [1.29, 1.82) is 0 Å². The zero-order valence-electron chi connectivity index (χ0n) is 10.3. The Morgan fingerprint density at radius 3 is 2.74 bits per heavy atom. The largest absolute Gasteiger partial charge is 0.396 e. The summed E-state index contributed by atoms with van der Waals surface area (Å²) in [7, 11) is 0. The van der Waals surface area contributed by atoms with Gasteiger partial charge in [-0.3, -0.25) is 4.79 Å². The molecule has 2 aromatic rings. The van der Waals surface area contributed by atoms with Crippen molar-refractivity contribution in [2.24, 2.45) is 0 Å². The number of nitrogens with two attached hydrogens (primary N) is 1. The summed E-state index contributed by atoms with van der Waals surface area (Å²) in [6, 6.07) is 11.4. The number of amides is 1. The van der Waals surface area contributed by atoms with E-state index in [0.29, 0.717) is 5.69 Å². The van der Waals surface area contributed by atoms with Crippen LogP contribution >= 0.6 is 11.8 Å². The fourth-order valence-electron chi connectivity index (χ4n) is 1.57. The van der Waals surface area contributed by atoms with Crippen molar-refractivity contribution in [3.8, 4) is 0 Å². The van der Waals surface area contributed by atoms with Crippen LogP contribution in [-0.4, -0.2) is 12.2 Å². The molecule has 2 aromatic carbocycles. The van der Waals surface area contributed by atoms with Gasteiger partial charge in [0, 0.05) is 16.1 Å². The third-order valence-electron chi connectivity index (χ3n) is 2.59. The summed E-state index contributed by atoms with van der Waals surface area (Å²) < 4.78 is 13.3. The lowest BCUT2D eigenvalue weighted by atomic mass is 10.2. The van der Waals surface area contributed by atoms with E-state index in [-0.39, 0.29) is 17.2 Å². The van der Waals surface area contributed by atoms with E-state index in [2.05, 4.69) is 5.32 Å². The first-order valence-electron chi connectivity index (χ1n) is 5.60. The number of rotatable bonds is 3. The van der Waals surface area contributed by atoms with Crippen LogP contribution in [0.5, 0.6) is 0 Å². The average molecular weight is 276 g/mol. The number of carbonyl (C=O) groups is 1. The first kappa shape index (κ1) is 13.4. The minimum atomic E-state index is -0.592.